The maximum atomic E-state index is 12.0. The van der Waals surface area contributed by atoms with Crippen LogP contribution in [-0.2, 0) is 7.05 Å². The summed E-state index contributed by atoms with van der Waals surface area (Å²) >= 11 is 0. The fourth-order valence-corrected chi connectivity index (χ4v) is 1.92. The monoisotopic (exact) mass is 257 g/mol. The number of hydrogen-bond donors (Lipinski definition) is 1. The fraction of sp³-hybridized carbons (Fsp3) is 0.385. The van der Waals surface area contributed by atoms with E-state index in [1.54, 1.807) is 24.1 Å². The molecule has 2 heterocycles. The maximum absolute atomic E-state index is 12.0. The Balaban J connectivity index is 1.74. The average Bonchev–Trinajstić information content (AvgIpc) is 3.17. The molecule has 1 fully saturated rings. The molecule has 1 saturated carbocycles. The first-order chi connectivity index (χ1) is 9.13. The number of aryl methyl sites for hydroxylation is 2. The number of carbonyl (C=O) groups excluding carboxylic acids is 1. The van der Waals surface area contributed by atoms with E-state index in [0.717, 1.165) is 24.4 Å². The Morgan fingerprint density at radius 1 is 1.37 bits per heavy atom. The largest absolute Gasteiger partial charge is 0.307 e. The summed E-state index contributed by atoms with van der Waals surface area (Å²) < 4.78 is 1.63. The number of amides is 1. The number of aromatic nitrogens is 4. The van der Waals surface area contributed by atoms with Gasteiger partial charge in [-0.25, -0.2) is 9.97 Å². The van der Waals surface area contributed by atoms with Crippen molar-refractivity contribution in [2.24, 2.45) is 7.05 Å². The van der Waals surface area contributed by atoms with Crippen molar-refractivity contribution in [2.45, 2.75) is 25.7 Å². The van der Waals surface area contributed by atoms with Gasteiger partial charge in [0.15, 0.2) is 0 Å². The third-order valence-corrected chi connectivity index (χ3v) is 3.12. The van der Waals surface area contributed by atoms with Crippen molar-refractivity contribution in [3.63, 3.8) is 0 Å². The van der Waals surface area contributed by atoms with Crippen LogP contribution in [0.25, 0.3) is 0 Å². The molecule has 6 heteroatoms. The Morgan fingerprint density at radius 3 is 2.58 bits per heavy atom. The molecule has 0 aromatic carbocycles. The van der Waals surface area contributed by atoms with Gasteiger partial charge in [0, 0.05) is 31.4 Å². The lowest BCUT2D eigenvalue weighted by molar-refractivity contribution is 0.102. The van der Waals surface area contributed by atoms with E-state index < -0.39 is 0 Å². The molecule has 0 unspecified atom stereocenters. The summed E-state index contributed by atoms with van der Waals surface area (Å²) in [5.41, 5.74) is 1.32. The molecule has 19 heavy (non-hydrogen) atoms. The first kappa shape index (κ1) is 11.8. The van der Waals surface area contributed by atoms with Crippen LogP contribution in [0.1, 0.15) is 40.6 Å². The van der Waals surface area contributed by atoms with Gasteiger partial charge in [-0.05, 0) is 19.8 Å². The normalized spacial score (nSPS) is 14.4. The lowest BCUT2D eigenvalue weighted by Gasteiger charge is -2.05. The van der Waals surface area contributed by atoms with Crippen molar-refractivity contribution >= 4 is 11.7 Å². The zero-order valence-corrected chi connectivity index (χ0v) is 10.9. The van der Waals surface area contributed by atoms with Crippen LogP contribution in [0, 0.1) is 6.92 Å². The third-order valence-electron chi connectivity index (χ3n) is 3.12. The summed E-state index contributed by atoms with van der Waals surface area (Å²) in [5, 5.41) is 6.97. The SMILES string of the molecule is Cc1cc(NC(=O)c2cnc(C3CC3)nc2)n(C)n1. The van der Waals surface area contributed by atoms with Gasteiger partial charge in [-0.3, -0.25) is 9.48 Å². The summed E-state index contributed by atoms with van der Waals surface area (Å²) in [4.78, 5) is 20.5. The molecule has 0 radical (unpaired) electrons. The standard InChI is InChI=1S/C13H15N5O/c1-8-5-11(18(2)17-8)16-13(19)10-6-14-12(15-7-10)9-3-4-9/h5-7,9H,3-4H2,1-2H3,(H,16,19). The lowest BCUT2D eigenvalue weighted by atomic mass is 10.3. The van der Waals surface area contributed by atoms with Crippen LogP contribution in [0.4, 0.5) is 5.82 Å². The second-order valence-electron chi connectivity index (χ2n) is 4.85. The molecule has 0 saturated heterocycles. The van der Waals surface area contributed by atoms with E-state index in [4.69, 9.17) is 0 Å². The minimum Gasteiger partial charge on any atom is -0.307 e. The summed E-state index contributed by atoms with van der Waals surface area (Å²) in [6.45, 7) is 1.88. The van der Waals surface area contributed by atoms with Crippen LogP contribution in [-0.4, -0.2) is 25.7 Å². The highest BCUT2D eigenvalue weighted by atomic mass is 16.1. The van der Waals surface area contributed by atoms with E-state index in [0.29, 0.717) is 17.3 Å². The quantitative estimate of drug-likeness (QED) is 0.907. The predicted molar refractivity (Wildman–Crippen MR) is 69.9 cm³/mol. The molecule has 1 amide bonds. The Morgan fingerprint density at radius 2 is 2.05 bits per heavy atom. The zero-order chi connectivity index (χ0) is 13.4. The molecule has 0 aliphatic heterocycles. The van der Waals surface area contributed by atoms with Crippen molar-refractivity contribution in [2.75, 3.05) is 5.32 Å². The number of rotatable bonds is 3. The van der Waals surface area contributed by atoms with Crippen molar-refractivity contribution in [1.82, 2.24) is 19.7 Å². The molecule has 2 aromatic heterocycles. The van der Waals surface area contributed by atoms with Gasteiger partial charge in [0.05, 0.1) is 11.3 Å². The van der Waals surface area contributed by atoms with E-state index in [-0.39, 0.29) is 5.91 Å². The van der Waals surface area contributed by atoms with E-state index in [1.165, 1.54) is 0 Å². The van der Waals surface area contributed by atoms with Crippen LogP contribution in [0.15, 0.2) is 18.5 Å². The Hall–Kier alpha value is -2.24. The Bertz CT molecular complexity index is 612. The van der Waals surface area contributed by atoms with E-state index in [1.807, 2.05) is 13.0 Å². The topological polar surface area (TPSA) is 72.7 Å². The molecular weight excluding hydrogens is 242 g/mol. The number of carbonyl (C=O) groups is 1. The highest BCUT2D eigenvalue weighted by molar-refractivity contribution is 6.03. The molecule has 1 N–H and O–H groups in total. The van der Waals surface area contributed by atoms with Crippen LogP contribution in [0.2, 0.25) is 0 Å². The van der Waals surface area contributed by atoms with Crippen LogP contribution in [0.5, 0.6) is 0 Å². The number of nitrogens with zero attached hydrogens (tertiary/aromatic N) is 4. The minimum absolute atomic E-state index is 0.217. The van der Waals surface area contributed by atoms with Crippen molar-refractivity contribution in [3.05, 3.63) is 35.5 Å². The van der Waals surface area contributed by atoms with Crippen LogP contribution >= 0.6 is 0 Å². The third kappa shape index (κ3) is 2.47. The maximum Gasteiger partial charge on any atom is 0.259 e. The van der Waals surface area contributed by atoms with Crippen LogP contribution in [0.3, 0.4) is 0 Å². The Labute approximate surface area is 110 Å². The molecule has 0 atom stereocenters. The molecule has 6 nitrogen and oxygen atoms in total. The fourth-order valence-electron chi connectivity index (χ4n) is 1.92. The van der Waals surface area contributed by atoms with Gasteiger partial charge in [0.1, 0.15) is 11.6 Å². The van der Waals surface area contributed by atoms with E-state index in [9.17, 15) is 4.79 Å². The molecule has 1 aliphatic carbocycles. The Kier molecular flexibility index (Phi) is 2.77. The van der Waals surface area contributed by atoms with Gasteiger partial charge in [0.25, 0.3) is 5.91 Å². The summed E-state index contributed by atoms with van der Waals surface area (Å²) in [7, 11) is 1.79. The highest BCUT2D eigenvalue weighted by Crippen LogP contribution is 2.37. The van der Waals surface area contributed by atoms with Crippen LogP contribution < -0.4 is 5.32 Å². The molecule has 3 rings (SSSR count). The predicted octanol–water partition coefficient (Wildman–Crippen LogP) is 1.65. The van der Waals surface area contributed by atoms with Crippen molar-refractivity contribution in [1.29, 1.82) is 0 Å². The second kappa shape index (κ2) is 4.46. The first-order valence-electron chi connectivity index (χ1n) is 6.27. The second-order valence-corrected chi connectivity index (χ2v) is 4.85. The highest BCUT2D eigenvalue weighted by Gasteiger charge is 2.26. The lowest BCUT2D eigenvalue weighted by Crippen LogP contribution is -2.15. The molecule has 98 valence electrons. The van der Waals surface area contributed by atoms with Gasteiger partial charge in [-0.2, -0.15) is 5.10 Å². The zero-order valence-electron chi connectivity index (χ0n) is 10.9. The molecule has 0 bridgehead atoms. The smallest absolute Gasteiger partial charge is 0.259 e. The van der Waals surface area contributed by atoms with Crippen molar-refractivity contribution < 1.29 is 4.79 Å². The summed E-state index contributed by atoms with van der Waals surface area (Å²) in [5.74, 6) is 1.78. The van der Waals surface area contributed by atoms with Gasteiger partial charge in [0.2, 0.25) is 0 Å². The number of nitrogens with one attached hydrogen (secondary N) is 1. The first-order valence-corrected chi connectivity index (χ1v) is 6.27. The molecule has 1 aliphatic rings. The van der Waals surface area contributed by atoms with Gasteiger partial charge in [-0.1, -0.05) is 0 Å². The van der Waals surface area contributed by atoms with Crippen molar-refractivity contribution in [3.8, 4) is 0 Å². The van der Waals surface area contributed by atoms with Gasteiger partial charge in [-0.15, -0.1) is 0 Å². The summed E-state index contributed by atoms with van der Waals surface area (Å²) in [6.07, 6.45) is 5.47. The number of hydrogen-bond acceptors (Lipinski definition) is 4. The molecular formula is C13H15N5O. The molecule has 2 aromatic rings. The van der Waals surface area contributed by atoms with Gasteiger partial charge < -0.3 is 5.32 Å². The molecule has 0 spiro atoms. The summed E-state index contributed by atoms with van der Waals surface area (Å²) in [6, 6.07) is 1.82. The number of anilines is 1. The average molecular weight is 257 g/mol. The van der Waals surface area contributed by atoms with E-state index in [2.05, 4.69) is 20.4 Å². The van der Waals surface area contributed by atoms with E-state index >= 15 is 0 Å². The van der Waals surface area contributed by atoms with Gasteiger partial charge >= 0.3 is 0 Å². The minimum atomic E-state index is -0.217.